The first-order chi connectivity index (χ1) is 14.0. The molecular weight excluding hydrogens is 371 g/mol. The average molecular weight is 394 g/mol. The number of anilines is 1. The standard InChI is InChI=1S/C23H23FN2O3/c1-2-3-4-16-7-11-19(12-8-16)26-23(28)20-13-21(27)22(14-25-20)29-15-17-5-9-18(24)10-6-17/h5-14H,2-4,15H2,1H3,(H,25,27)(H,26,28). The quantitative estimate of drug-likeness (QED) is 0.582. The number of nitrogens with one attached hydrogen (secondary N) is 2. The largest absolute Gasteiger partial charge is 0.483 e. The number of hydrogen-bond donors (Lipinski definition) is 2. The summed E-state index contributed by atoms with van der Waals surface area (Å²) >= 11 is 0. The first-order valence-corrected chi connectivity index (χ1v) is 9.55. The van der Waals surface area contributed by atoms with Crippen LogP contribution in [0.3, 0.4) is 0 Å². The van der Waals surface area contributed by atoms with Crippen molar-refractivity contribution in [3.63, 3.8) is 0 Å². The molecule has 1 heterocycles. The molecule has 6 heteroatoms. The van der Waals surface area contributed by atoms with Crippen LogP contribution in [0.5, 0.6) is 5.75 Å². The van der Waals surface area contributed by atoms with E-state index in [-0.39, 0.29) is 23.9 Å². The number of rotatable bonds is 8. The Morgan fingerprint density at radius 1 is 1.07 bits per heavy atom. The van der Waals surface area contributed by atoms with Gasteiger partial charge in [-0.2, -0.15) is 0 Å². The third kappa shape index (κ3) is 5.78. The number of carbonyl (C=O) groups excluding carboxylic acids is 1. The highest BCUT2D eigenvalue weighted by Crippen LogP contribution is 2.13. The van der Waals surface area contributed by atoms with E-state index in [1.54, 1.807) is 12.1 Å². The smallest absolute Gasteiger partial charge is 0.272 e. The van der Waals surface area contributed by atoms with Crippen molar-refractivity contribution >= 4 is 11.6 Å². The number of halogens is 1. The highest BCUT2D eigenvalue weighted by molar-refractivity contribution is 6.02. The predicted molar refractivity (Wildman–Crippen MR) is 111 cm³/mol. The number of carbonyl (C=O) groups is 1. The summed E-state index contributed by atoms with van der Waals surface area (Å²) in [4.78, 5) is 27.4. The molecule has 0 aliphatic heterocycles. The van der Waals surface area contributed by atoms with Crippen molar-refractivity contribution in [2.45, 2.75) is 32.8 Å². The summed E-state index contributed by atoms with van der Waals surface area (Å²) < 4.78 is 18.4. The van der Waals surface area contributed by atoms with Gasteiger partial charge in [-0.1, -0.05) is 37.6 Å². The highest BCUT2D eigenvalue weighted by atomic mass is 19.1. The van der Waals surface area contributed by atoms with Gasteiger partial charge in [0, 0.05) is 18.0 Å². The Morgan fingerprint density at radius 3 is 2.41 bits per heavy atom. The van der Waals surface area contributed by atoms with E-state index in [1.807, 2.05) is 24.3 Å². The fourth-order valence-corrected chi connectivity index (χ4v) is 2.78. The van der Waals surface area contributed by atoms with Crippen molar-refractivity contribution in [1.82, 2.24) is 4.98 Å². The van der Waals surface area contributed by atoms with Crippen molar-refractivity contribution in [2.24, 2.45) is 0 Å². The van der Waals surface area contributed by atoms with Crippen LogP contribution in [0.15, 0.2) is 65.6 Å². The van der Waals surface area contributed by atoms with E-state index in [9.17, 15) is 14.0 Å². The van der Waals surface area contributed by atoms with Crippen LogP contribution in [0.25, 0.3) is 0 Å². The number of benzene rings is 2. The molecule has 0 spiro atoms. The molecule has 1 amide bonds. The molecule has 0 unspecified atom stereocenters. The van der Waals surface area contributed by atoms with Gasteiger partial charge in [-0.05, 0) is 48.2 Å². The minimum Gasteiger partial charge on any atom is -0.483 e. The Labute approximate surface area is 168 Å². The molecule has 0 radical (unpaired) electrons. The molecule has 0 atom stereocenters. The van der Waals surface area contributed by atoms with Crippen LogP contribution < -0.4 is 15.5 Å². The van der Waals surface area contributed by atoms with E-state index in [0.29, 0.717) is 5.69 Å². The summed E-state index contributed by atoms with van der Waals surface area (Å²) in [6, 6.07) is 14.7. The Bertz CT molecular complexity index is 1010. The number of pyridine rings is 1. The molecule has 3 rings (SSSR count). The molecule has 0 bridgehead atoms. The monoisotopic (exact) mass is 394 g/mol. The molecule has 3 aromatic rings. The topological polar surface area (TPSA) is 71.2 Å². The summed E-state index contributed by atoms with van der Waals surface area (Å²) in [6.07, 6.45) is 4.63. The molecule has 0 aliphatic carbocycles. The highest BCUT2D eigenvalue weighted by Gasteiger charge is 2.10. The fourth-order valence-electron chi connectivity index (χ4n) is 2.78. The molecule has 150 valence electrons. The first kappa shape index (κ1) is 20.3. The molecule has 1 aromatic heterocycles. The normalized spacial score (nSPS) is 10.6. The molecular formula is C23H23FN2O3. The van der Waals surface area contributed by atoms with E-state index in [1.165, 1.54) is 30.0 Å². The van der Waals surface area contributed by atoms with Crippen molar-refractivity contribution in [3.05, 3.63) is 93.7 Å². The zero-order valence-electron chi connectivity index (χ0n) is 16.2. The van der Waals surface area contributed by atoms with Gasteiger partial charge in [0.25, 0.3) is 5.91 Å². The van der Waals surface area contributed by atoms with Crippen LogP contribution in [0.2, 0.25) is 0 Å². The maximum Gasteiger partial charge on any atom is 0.272 e. The maximum atomic E-state index is 12.9. The third-order valence-electron chi connectivity index (χ3n) is 4.46. The van der Waals surface area contributed by atoms with Gasteiger partial charge >= 0.3 is 0 Å². The number of unbranched alkanes of at least 4 members (excludes halogenated alkanes) is 1. The Kier molecular flexibility index (Phi) is 6.79. The zero-order valence-corrected chi connectivity index (χ0v) is 16.2. The molecule has 29 heavy (non-hydrogen) atoms. The van der Waals surface area contributed by atoms with Crippen LogP contribution in [-0.4, -0.2) is 10.9 Å². The lowest BCUT2D eigenvalue weighted by atomic mass is 10.1. The zero-order chi connectivity index (χ0) is 20.6. The molecule has 2 aromatic carbocycles. The second kappa shape index (κ2) is 9.68. The maximum absolute atomic E-state index is 12.9. The van der Waals surface area contributed by atoms with Crippen molar-refractivity contribution in [2.75, 3.05) is 5.32 Å². The molecule has 0 saturated heterocycles. The summed E-state index contributed by atoms with van der Waals surface area (Å²) in [7, 11) is 0. The van der Waals surface area contributed by atoms with E-state index in [2.05, 4.69) is 17.2 Å². The minimum absolute atomic E-state index is 0.0890. The van der Waals surface area contributed by atoms with Crippen molar-refractivity contribution < 1.29 is 13.9 Å². The molecule has 0 aliphatic rings. The number of aromatic amines is 1. The number of amides is 1. The molecule has 0 saturated carbocycles. The van der Waals surface area contributed by atoms with Gasteiger partial charge in [0.1, 0.15) is 18.1 Å². The fraction of sp³-hybridized carbons (Fsp3) is 0.217. The number of aromatic nitrogens is 1. The third-order valence-corrected chi connectivity index (χ3v) is 4.46. The van der Waals surface area contributed by atoms with Crippen LogP contribution in [0.1, 0.15) is 41.4 Å². The van der Waals surface area contributed by atoms with Crippen molar-refractivity contribution in [3.8, 4) is 5.75 Å². The number of hydrogen-bond acceptors (Lipinski definition) is 3. The van der Waals surface area contributed by atoms with E-state index >= 15 is 0 Å². The summed E-state index contributed by atoms with van der Waals surface area (Å²) in [5.41, 5.74) is 2.34. The van der Waals surface area contributed by atoms with E-state index in [0.717, 1.165) is 24.8 Å². The van der Waals surface area contributed by atoms with Crippen LogP contribution >= 0.6 is 0 Å². The van der Waals surface area contributed by atoms with Gasteiger partial charge in [0.05, 0.1) is 0 Å². The van der Waals surface area contributed by atoms with Gasteiger partial charge in [-0.25, -0.2) is 4.39 Å². The Hall–Kier alpha value is -3.41. The predicted octanol–water partition coefficient (Wildman–Crippen LogP) is 4.69. The van der Waals surface area contributed by atoms with Crippen molar-refractivity contribution in [1.29, 1.82) is 0 Å². The summed E-state index contributed by atoms with van der Waals surface area (Å²) in [5.74, 6) is -0.655. The van der Waals surface area contributed by atoms with Crippen LogP contribution in [0, 0.1) is 5.82 Å². The lowest BCUT2D eigenvalue weighted by molar-refractivity contribution is 0.102. The number of aryl methyl sites for hydroxylation is 1. The van der Waals surface area contributed by atoms with Gasteiger partial charge in [0.15, 0.2) is 5.75 Å². The second-order valence-electron chi connectivity index (χ2n) is 6.74. The molecule has 0 fully saturated rings. The molecule has 5 nitrogen and oxygen atoms in total. The van der Waals surface area contributed by atoms with Crippen LogP contribution in [-0.2, 0) is 13.0 Å². The lowest BCUT2D eigenvalue weighted by Crippen LogP contribution is -2.17. The lowest BCUT2D eigenvalue weighted by Gasteiger charge is -2.08. The van der Waals surface area contributed by atoms with Gasteiger partial charge in [-0.3, -0.25) is 9.59 Å². The Morgan fingerprint density at radius 2 is 1.76 bits per heavy atom. The minimum atomic E-state index is -0.411. The SMILES string of the molecule is CCCCc1ccc(NC(=O)c2cc(=O)c(OCc3ccc(F)cc3)c[nH]2)cc1. The van der Waals surface area contributed by atoms with Crippen LogP contribution in [0.4, 0.5) is 10.1 Å². The van der Waals surface area contributed by atoms with E-state index < -0.39 is 11.3 Å². The second-order valence-corrected chi connectivity index (χ2v) is 6.74. The Balaban J connectivity index is 1.60. The van der Waals surface area contributed by atoms with E-state index in [4.69, 9.17) is 4.74 Å². The summed E-state index contributed by atoms with van der Waals surface area (Å²) in [5, 5.41) is 2.77. The van der Waals surface area contributed by atoms with Gasteiger partial charge in [0.2, 0.25) is 5.43 Å². The molecule has 2 N–H and O–H groups in total. The van der Waals surface area contributed by atoms with Gasteiger partial charge < -0.3 is 15.0 Å². The van der Waals surface area contributed by atoms with Gasteiger partial charge in [-0.15, -0.1) is 0 Å². The first-order valence-electron chi connectivity index (χ1n) is 9.55. The average Bonchev–Trinajstić information content (AvgIpc) is 2.73. The number of H-pyrrole nitrogens is 1. The number of ether oxygens (including phenoxy) is 1. The summed E-state index contributed by atoms with van der Waals surface area (Å²) in [6.45, 7) is 2.27.